The Kier molecular flexibility index (Phi) is 16.7. The maximum absolute atomic E-state index is 14.8. The van der Waals surface area contributed by atoms with E-state index in [1.807, 2.05) is 50.2 Å². The third-order valence-electron chi connectivity index (χ3n) is 8.02. The summed E-state index contributed by atoms with van der Waals surface area (Å²) in [7, 11) is 0. The van der Waals surface area contributed by atoms with Crippen LogP contribution in [0.1, 0.15) is 115 Å². The molecular formula is C39H51FO5S. The third kappa shape index (κ3) is 12.8. The fourth-order valence-corrected chi connectivity index (χ4v) is 5.83. The minimum Gasteiger partial charge on any atom is -0.494 e. The highest BCUT2D eigenvalue weighted by Gasteiger charge is 2.21. The lowest BCUT2D eigenvalue weighted by molar-refractivity contribution is -0.157. The molecule has 1 atom stereocenters. The molecule has 46 heavy (non-hydrogen) atoms. The highest BCUT2D eigenvalue weighted by atomic mass is 32.2. The monoisotopic (exact) mass is 650 g/mol. The molecule has 0 radical (unpaired) electrons. The predicted molar refractivity (Wildman–Crippen MR) is 186 cm³/mol. The molecule has 0 aliphatic carbocycles. The average molecular weight is 651 g/mol. The highest BCUT2D eigenvalue weighted by molar-refractivity contribution is 8.14. The molecule has 3 aromatic carbocycles. The Morgan fingerprint density at radius 2 is 1.26 bits per heavy atom. The van der Waals surface area contributed by atoms with E-state index < -0.39 is 17.9 Å². The second-order valence-corrected chi connectivity index (χ2v) is 12.8. The molecule has 0 aromatic heterocycles. The van der Waals surface area contributed by atoms with Crippen molar-refractivity contribution in [1.82, 2.24) is 0 Å². The standard InChI is InChI=1S/C39H51FO5S/c1-5-8-9-10-11-12-13-14-15-16-27-43-34-23-21-31(22-24-34)30-17-19-32(20-18-30)39(42)46-37-26-25-35(28-36(37)40)44-29(4)38(41)45-33(6-2)7-3/h17-26,28-29,33H,5-16,27H2,1-4H3. The fraction of sp³-hybridized carbons (Fsp3) is 0.487. The molecule has 250 valence electrons. The second kappa shape index (κ2) is 20.7. The van der Waals surface area contributed by atoms with Crippen molar-refractivity contribution in [3.05, 3.63) is 78.1 Å². The van der Waals surface area contributed by atoms with Crippen LogP contribution in [0.3, 0.4) is 0 Å². The van der Waals surface area contributed by atoms with Crippen LogP contribution >= 0.6 is 11.8 Å². The lowest BCUT2D eigenvalue weighted by Gasteiger charge is -2.18. The Morgan fingerprint density at radius 3 is 1.83 bits per heavy atom. The molecule has 0 spiro atoms. The molecule has 0 fully saturated rings. The van der Waals surface area contributed by atoms with Gasteiger partial charge in [-0.25, -0.2) is 9.18 Å². The lowest BCUT2D eigenvalue weighted by Crippen LogP contribution is -2.29. The Labute approximate surface area is 279 Å². The zero-order valence-corrected chi connectivity index (χ0v) is 28.8. The first-order valence-corrected chi connectivity index (χ1v) is 17.9. The van der Waals surface area contributed by atoms with Crippen molar-refractivity contribution in [1.29, 1.82) is 0 Å². The molecule has 0 saturated carbocycles. The van der Waals surface area contributed by atoms with Gasteiger partial charge >= 0.3 is 5.97 Å². The van der Waals surface area contributed by atoms with Gasteiger partial charge in [-0.15, -0.1) is 0 Å². The number of thioether (sulfide) groups is 1. The summed E-state index contributed by atoms with van der Waals surface area (Å²) in [6.45, 7) is 8.45. The summed E-state index contributed by atoms with van der Waals surface area (Å²) in [5.74, 6) is -0.0289. The Morgan fingerprint density at radius 1 is 0.717 bits per heavy atom. The number of carbonyl (C=O) groups excluding carboxylic acids is 2. The summed E-state index contributed by atoms with van der Waals surface area (Å²) < 4.78 is 31.8. The van der Waals surface area contributed by atoms with Crippen molar-refractivity contribution in [2.24, 2.45) is 0 Å². The number of benzene rings is 3. The number of unbranched alkanes of at least 4 members (excludes halogenated alkanes) is 9. The first kappa shape index (κ1) is 37.1. The van der Waals surface area contributed by atoms with Crippen molar-refractivity contribution in [3.8, 4) is 22.6 Å². The van der Waals surface area contributed by atoms with Crippen molar-refractivity contribution in [2.45, 2.75) is 122 Å². The van der Waals surface area contributed by atoms with Crippen LogP contribution in [-0.2, 0) is 9.53 Å². The predicted octanol–water partition coefficient (Wildman–Crippen LogP) is 11.2. The molecule has 0 amide bonds. The SMILES string of the molecule is CCCCCCCCCCCCOc1ccc(-c2ccc(C(=O)Sc3ccc(OC(C)C(=O)OC(CC)CC)cc3F)cc2)cc1. The van der Waals surface area contributed by atoms with Gasteiger partial charge in [-0.3, -0.25) is 4.79 Å². The molecule has 5 nitrogen and oxygen atoms in total. The largest absolute Gasteiger partial charge is 0.494 e. The van der Waals surface area contributed by atoms with Gasteiger partial charge in [0.15, 0.2) is 6.10 Å². The molecule has 0 aliphatic heterocycles. The normalized spacial score (nSPS) is 11.8. The Balaban J connectivity index is 1.42. The van der Waals surface area contributed by atoms with E-state index in [4.69, 9.17) is 14.2 Å². The van der Waals surface area contributed by atoms with Crippen molar-refractivity contribution in [3.63, 3.8) is 0 Å². The maximum atomic E-state index is 14.8. The van der Waals surface area contributed by atoms with Gasteiger partial charge in [0.1, 0.15) is 23.4 Å². The minimum absolute atomic E-state index is 0.168. The highest BCUT2D eigenvalue weighted by Crippen LogP contribution is 2.30. The van der Waals surface area contributed by atoms with E-state index in [0.717, 1.165) is 41.7 Å². The number of halogens is 1. The van der Waals surface area contributed by atoms with Crippen molar-refractivity contribution in [2.75, 3.05) is 6.61 Å². The lowest BCUT2D eigenvalue weighted by atomic mass is 10.0. The second-order valence-electron chi connectivity index (χ2n) is 11.7. The Bertz CT molecular complexity index is 1320. The average Bonchev–Trinajstić information content (AvgIpc) is 3.07. The summed E-state index contributed by atoms with van der Waals surface area (Å²) >= 11 is 0.816. The van der Waals surface area contributed by atoms with E-state index in [1.54, 1.807) is 25.1 Å². The van der Waals surface area contributed by atoms with Crippen LogP contribution in [-0.4, -0.2) is 29.9 Å². The van der Waals surface area contributed by atoms with Gasteiger partial charge in [-0.1, -0.05) is 103 Å². The molecule has 0 saturated heterocycles. The van der Waals surface area contributed by atoms with Gasteiger partial charge in [0.05, 0.1) is 11.5 Å². The van der Waals surface area contributed by atoms with Crippen LogP contribution in [0.15, 0.2) is 71.6 Å². The first-order chi connectivity index (χ1) is 22.3. The van der Waals surface area contributed by atoms with Gasteiger partial charge < -0.3 is 14.2 Å². The number of rotatable bonds is 21. The summed E-state index contributed by atoms with van der Waals surface area (Å²) in [6.07, 6.45) is 13.4. The molecule has 3 rings (SSSR count). The van der Waals surface area contributed by atoms with Crippen LogP contribution in [0.2, 0.25) is 0 Å². The van der Waals surface area contributed by atoms with Crippen LogP contribution in [0.25, 0.3) is 11.1 Å². The van der Waals surface area contributed by atoms with Crippen molar-refractivity contribution >= 4 is 22.8 Å². The molecule has 7 heteroatoms. The number of hydrogen-bond donors (Lipinski definition) is 0. The minimum atomic E-state index is -0.878. The maximum Gasteiger partial charge on any atom is 0.347 e. The fourth-order valence-electron chi connectivity index (χ4n) is 5.09. The van der Waals surface area contributed by atoms with Gasteiger partial charge in [0.2, 0.25) is 5.12 Å². The van der Waals surface area contributed by atoms with E-state index in [-0.39, 0.29) is 21.9 Å². The number of carbonyl (C=O) groups is 2. The molecule has 1 unspecified atom stereocenters. The van der Waals surface area contributed by atoms with Crippen LogP contribution < -0.4 is 9.47 Å². The smallest absolute Gasteiger partial charge is 0.347 e. The van der Waals surface area contributed by atoms with Crippen LogP contribution in [0, 0.1) is 5.82 Å². The topological polar surface area (TPSA) is 61.8 Å². The zero-order chi connectivity index (χ0) is 33.1. The molecule has 0 N–H and O–H groups in total. The zero-order valence-electron chi connectivity index (χ0n) is 28.0. The van der Waals surface area contributed by atoms with Gasteiger partial charge in [-0.2, -0.15) is 0 Å². The number of ether oxygens (including phenoxy) is 3. The van der Waals surface area contributed by atoms with E-state index in [0.29, 0.717) is 18.4 Å². The van der Waals surface area contributed by atoms with Crippen molar-refractivity contribution < 1.29 is 28.2 Å². The third-order valence-corrected chi connectivity index (χ3v) is 8.99. The summed E-state index contributed by atoms with van der Waals surface area (Å²) in [4.78, 5) is 25.4. The van der Waals surface area contributed by atoms with Crippen LogP contribution in [0.4, 0.5) is 4.39 Å². The van der Waals surface area contributed by atoms with Gasteiger partial charge in [0, 0.05) is 11.6 Å². The molecule has 0 aliphatic rings. The first-order valence-electron chi connectivity index (χ1n) is 17.1. The van der Waals surface area contributed by atoms with Gasteiger partial charge in [0.25, 0.3) is 0 Å². The van der Waals surface area contributed by atoms with Crippen LogP contribution in [0.5, 0.6) is 11.5 Å². The van der Waals surface area contributed by atoms with E-state index >= 15 is 0 Å². The quantitative estimate of drug-likeness (QED) is 0.0649. The Hall–Kier alpha value is -3.32. The molecule has 0 bridgehead atoms. The summed E-state index contributed by atoms with van der Waals surface area (Å²) in [5.41, 5.74) is 2.48. The van der Waals surface area contributed by atoms with Gasteiger partial charge in [-0.05, 0) is 85.5 Å². The number of hydrogen-bond acceptors (Lipinski definition) is 6. The van der Waals surface area contributed by atoms with E-state index in [9.17, 15) is 14.0 Å². The molecular weight excluding hydrogens is 599 g/mol. The molecule has 3 aromatic rings. The van der Waals surface area contributed by atoms with E-state index in [1.165, 1.54) is 69.9 Å². The summed E-state index contributed by atoms with van der Waals surface area (Å²) in [5, 5.41) is -0.267. The molecule has 0 heterocycles. The van der Waals surface area contributed by atoms with E-state index in [2.05, 4.69) is 6.92 Å². The number of esters is 1. The summed E-state index contributed by atoms with van der Waals surface area (Å²) in [6, 6.07) is 19.5.